The van der Waals surface area contributed by atoms with Crippen LogP contribution in [0.5, 0.6) is 17.2 Å². The van der Waals surface area contributed by atoms with Crippen molar-refractivity contribution in [3.05, 3.63) is 90.0 Å². The Morgan fingerprint density at radius 2 is 0.710 bits per heavy atom. The molecule has 0 aliphatic carbocycles. The van der Waals surface area contributed by atoms with Crippen LogP contribution < -0.4 is 14.0 Å². The van der Waals surface area contributed by atoms with Crippen LogP contribution in [0.3, 0.4) is 0 Å². The highest BCUT2D eigenvalue weighted by Gasteiger charge is 2.57. The summed E-state index contributed by atoms with van der Waals surface area (Å²) in [5, 5.41) is 0.145. The number of halogens is 1. The van der Waals surface area contributed by atoms with E-state index in [2.05, 4.69) is 27.7 Å². The molecule has 16 nitrogen and oxygen atoms in total. The van der Waals surface area contributed by atoms with Crippen LogP contribution in [-0.4, -0.2) is 106 Å². The fourth-order valence-corrected chi connectivity index (χ4v) is 15.0. The Balaban J connectivity index is 1.35. The van der Waals surface area contributed by atoms with E-state index in [1.165, 1.54) is 128 Å². The molecule has 0 spiro atoms. The SMILES string of the molecule is CCCCCCCCCCCO[C@@H]1[C@@H](OCCCCCCCCCCC)[C@H](Oc2ccccc2)O[C@@H]2COP(=O)(Oc3ccccc3Cl)O[C@H]3[C@H](OCCCCCCCCCCC)[C@@H](OCCCCCCCCCCC)[C@H](Oc4ccccc4)O[C@@H]3COP(=O)(O)O[C@@H]12. The lowest BCUT2D eigenvalue weighted by molar-refractivity contribution is -0.299. The molecule has 3 aliphatic heterocycles. The molecule has 93 heavy (non-hydrogen) atoms. The quantitative estimate of drug-likeness (QED) is 0.0417. The number of rotatable bonds is 50. The Kier molecular flexibility index (Phi) is 41.1. The van der Waals surface area contributed by atoms with Gasteiger partial charge >= 0.3 is 15.6 Å². The molecule has 0 radical (unpaired) electrons. The fourth-order valence-electron chi connectivity index (χ4n) is 12.4. The van der Waals surface area contributed by atoms with Gasteiger partial charge in [-0.2, -0.15) is 0 Å². The number of ether oxygens (including phenoxy) is 8. The van der Waals surface area contributed by atoms with Gasteiger partial charge in [0.25, 0.3) is 0 Å². The minimum absolute atomic E-state index is 0.0179. The zero-order valence-corrected chi connectivity index (χ0v) is 59.9. The van der Waals surface area contributed by atoms with Crippen LogP contribution in [0.2, 0.25) is 5.02 Å². The molecular weight excluding hydrogens is 1240 g/mol. The van der Waals surface area contributed by atoms with Gasteiger partial charge in [-0.25, -0.2) is 9.13 Å². The number of phosphoric ester groups is 2. The normalized spacial score (nSPS) is 26.0. The third-order valence-corrected chi connectivity index (χ3v) is 20.4. The lowest BCUT2D eigenvalue weighted by atomic mass is 9.98. The molecule has 3 heterocycles. The van der Waals surface area contributed by atoms with Crippen molar-refractivity contribution < 1.29 is 74.5 Å². The Morgan fingerprint density at radius 3 is 1.08 bits per heavy atom. The first-order chi connectivity index (χ1) is 45.6. The maximum absolute atomic E-state index is 16.2. The monoisotopic (exact) mass is 1360 g/mol. The smallest absolute Gasteiger partial charge is 0.462 e. The zero-order valence-electron chi connectivity index (χ0n) is 57.4. The van der Waals surface area contributed by atoms with E-state index >= 15 is 9.13 Å². The van der Waals surface area contributed by atoms with Crippen molar-refractivity contribution in [1.82, 2.24) is 0 Å². The summed E-state index contributed by atoms with van der Waals surface area (Å²) in [5.41, 5.74) is 0. The molecule has 3 fully saturated rings. The van der Waals surface area contributed by atoms with E-state index in [1.807, 2.05) is 60.7 Å². The number of hydrogen-bond acceptors (Lipinski definition) is 15. The van der Waals surface area contributed by atoms with Gasteiger partial charge in [0.05, 0.1) is 18.2 Å². The maximum Gasteiger partial charge on any atom is 0.530 e. The van der Waals surface area contributed by atoms with Crippen molar-refractivity contribution in [2.45, 2.75) is 320 Å². The van der Waals surface area contributed by atoms with E-state index in [9.17, 15) is 4.89 Å². The highest BCUT2D eigenvalue weighted by molar-refractivity contribution is 7.49. The van der Waals surface area contributed by atoms with E-state index < -0.39 is 90.3 Å². The van der Waals surface area contributed by atoms with Gasteiger partial charge in [-0.15, -0.1) is 0 Å². The van der Waals surface area contributed by atoms with E-state index in [0.29, 0.717) is 37.6 Å². The third-order valence-electron chi connectivity index (χ3n) is 17.8. The predicted molar refractivity (Wildman–Crippen MR) is 370 cm³/mol. The van der Waals surface area contributed by atoms with Crippen molar-refractivity contribution in [2.24, 2.45) is 0 Å². The van der Waals surface area contributed by atoms with Gasteiger partial charge in [-0.05, 0) is 62.1 Å². The molecule has 6 rings (SSSR count). The number of benzene rings is 3. The van der Waals surface area contributed by atoms with Crippen LogP contribution in [0.25, 0.3) is 0 Å². The summed E-state index contributed by atoms with van der Waals surface area (Å²) in [6, 6.07) is 25.1. The first-order valence-corrected chi connectivity index (χ1v) is 40.1. The lowest BCUT2D eigenvalue weighted by Gasteiger charge is -2.47. The summed E-state index contributed by atoms with van der Waals surface area (Å²) in [6.45, 7) is 8.88. The lowest BCUT2D eigenvalue weighted by Crippen LogP contribution is -2.63. The Morgan fingerprint density at radius 1 is 0.398 bits per heavy atom. The van der Waals surface area contributed by atoms with Gasteiger partial charge in [-0.1, -0.05) is 293 Å². The van der Waals surface area contributed by atoms with Crippen molar-refractivity contribution in [1.29, 1.82) is 0 Å². The van der Waals surface area contributed by atoms with Gasteiger partial charge in [-0.3, -0.25) is 18.1 Å². The molecule has 12 atom stereocenters. The summed E-state index contributed by atoms with van der Waals surface area (Å²) in [7, 11) is -10.1. The summed E-state index contributed by atoms with van der Waals surface area (Å²) in [4.78, 5) is 12.2. The van der Waals surface area contributed by atoms with Crippen LogP contribution in [0.1, 0.15) is 259 Å². The van der Waals surface area contributed by atoms with E-state index in [0.717, 1.165) is 89.9 Å². The van der Waals surface area contributed by atoms with E-state index in [-0.39, 0.29) is 24.0 Å². The number of phosphoric acid groups is 2. The largest absolute Gasteiger partial charge is 0.530 e. The molecule has 3 aromatic carbocycles. The van der Waals surface area contributed by atoms with Crippen LogP contribution >= 0.6 is 27.2 Å². The first kappa shape index (κ1) is 79.4. The van der Waals surface area contributed by atoms with Crippen LogP contribution in [0.15, 0.2) is 84.9 Å². The minimum atomic E-state index is -5.14. The van der Waals surface area contributed by atoms with Gasteiger partial charge < -0.3 is 47.3 Å². The fraction of sp³-hybridized carbons (Fsp3) is 0.757. The van der Waals surface area contributed by atoms with Crippen LogP contribution in [-0.2, 0) is 55.6 Å². The molecular formula is C74H121ClO16P2. The van der Waals surface area contributed by atoms with Gasteiger partial charge in [0.15, 0.2) is 0 Å². The first-order valence-electron chi connectivity index (χ1n) is 36.8. The molecule has 0 saturated carbocycles. The molecule has 1 N–H and O–H groups in total. The molecule has 3 saturated heterocycles. The molecule has 19 heteroatoms. The van der Waals surface area contributed by atoms with Gasteiger partial charge in [0.2, 0.25) is 12.6 Å². The minimum Gasteiger partial charge on any atom is -0.462 e. The average Bonchev–Trinajstić information content (AvgIpc) is 0.905. The summed E-state index contributed by atoms with van der Waals surface area (Å²) < 4.78 is 118. The molecule has 0 amide bonds. The molecule has 0 bridgehead atoms. The van der Waals surface area contributed by atoms with Crippen LogP contribution in [0, 0.1) is 0 Å². The highest BCUT2D eigenvalue weighted by atomic mass is 35.5. The molecule has 3 aromatic rings. The van der Waals surface area contributed by atoms with Crippen molar-refractivity contribution in [3.63, 3.8) is 0 Å². The van der Waals surface area contributed by atoms with Crippen molar-refractivity contribution in [3.8, 4) is 17.2 Å². The molecule has 0 aromatic heterocycles. The Bertz CT molecular complexity index is 2370. The number of unbranched alkanes of at least 4 members (excludes halogenated alkanes) is 32. The molecule has 2 unspecified atom stereocenters. The average molecular weight is 1360 g/mol. The second kappa shape index (κ2) is 48.2. The molecule has 3 aliphatic rings. The summed E-state index contributed by atoms with van der Waals surface area (Å²) in [5.74, 6) is 0.987. The topological polar surface area (TPSA) is 174 Å². The number of fused-ring (bicyclic) bond motifs is 2. The van der Waals surface area contributed by atoms with Crippen LogP contribution in [0.4, 0.5) is 0 Å². The summed E-state index contributed by atoms with van der Waals surface area (Å²) >= 11 is 6.83. The standard InChI is InChI=1S/C74H121ClO16P2/c1-5-9-13-17-21-25-29-33-45-55-79-69-67-66(88-73(85-61-49-39-37-40-50-61)71(69)81-57-47-35-31-27-23-19-15-11-7-3)60-84-93(78,89-64-54-44-43-53-63(64)75)91-68-65(59-83-92(76,77)90-67)87-74(86-62-51-41-38-42-52-62)72(82-58-48-36-32-28-24-20-16-12-8-4)70(68)80-56-46-34-30-26-22-18-14-10-6-2/h37-44,49-54,65-74H,5-36,45-48,55-60H2,1-4H3,(H,76,77)/t65-,66-,67-,68-,69+,70+,71-,72-,73-,74-,93?/m1/s1. The second-order valence-electron chi connectivity index (χ2n) is 25.8. The van der Waals surface area contributed by atoms with Gasteiger partial charge in [0, 0.05) is 26.4 Å². The van der Waals surface area contributed by atoms with E-state index in [4.69, 9.17) is 72.1 Å². The summed E-state index contributed by atoms with van der Waals surface area (Å²) in [6.07, 6.45) is 27.9. The second-order valence-corrected chi connectivity index (χ2v) is 29.1. The van der Waals surface area contributed by atoms with Crippen molar-refractivity contribution >= 4 is 27.2 Å². The maximum atomic E-state index is 16.2. The Hall–Kier alpha value is -2.63. The number of para-hydroxylation sites is 3. The number of hydrogen-bond donors (Lipinski definition) is 1. The van der Waals surface area contributed by atoms with Crippen molar-refractivity contribution in [2.75, 3.05) is 39.6 Å². The Labute approximate surface area is 566 Å². The third kappa shape index (κ3) is 31.4. The zero-order chi connectivity index (χ0) is 65.9. The van der Waals surface area contributed by atoms with E-state index in [1.54, 1.807) is 24.3 Å². The highest BCUT2D eigenvalue weighted by Crippen LogP contribution is 2.56. The predicted octanol–water partition coefficient (Wildman–Crippen LogP) is 21.0. The molecule has 530 valence electrons. The van der Waals surface area contributed by atoms with Gasteiger partial charge in [0.1, 0.15) is 66.1 Å².